The topological polar surface area (TPSA) is 61.9 Å². The van der Waals surface area contributed by atoms with E-state index in [4.69, 9.17) is 11.1 Å². The lowest BCUT2D eigenvalue weighted by Crippen LogP contribution is -2.39. The van der Waals surface area contributed by atoms with Crippen molar-refractivity contribution in [2.45, 2.75) is 12.5 Å². The maximum Gasteiger partial charge on any atom is 0.185 e. The predicted octanol–water partition coefficient (Wildman–Crippen LogP) is -0.0250. The predicted molar refractivity (Wildman–Crippen MR) is 40.8 cm³/mol. The quantitative estimate of drug-likeness (QED) is 0.359. The van der Waals surface area contributed by atoms with Gasteiger partial charge >= 0.3 is 0 Å². The van der Waals surface area contributed by atoms with Gasteiger partial charge in [-0.05, 0) is 12.2 Å². The number of hydrogen-bond donors (Lipinski definition) is 3. The molecule has 0 aromatic heterocycles. The molecule has 0 aromatic rings. The van der Waals surface area contributed by atoms with Gasteiger partial charge in [-0.1, -0.05) is 0 Å². The molecule has 1 fully saturated rings. The summed E-state index contributed by atoms with van der Waals surface area (Å²) in [7, 11) is 0. The first-order chi connectivity index (χ1) is 4.29. The molecule has 1 heterocycles. The average molecular weight is 145 g/mol. The summed E-state index contributed by atoms with van der Waals surface area (Å²) in [5.74, 6) is 2.40. The number of nitrogens with two attached hydrogens (primary N) is 1. The van der Waals surface area contributed by atoms with E-state index in [1.165, 1.54) is 5.75 Å². The van der Waals surface area contributed by atoms with Crippen LogP contribution in [-0.4, -0.2) is 23.5 Å². The zero-order valence-corrected chi connectivity index (χ0v) is 6.00. The minimum absolute atomic E-state index is 0.0995. The molecule has 9 heavy (non-hydrogen) atoms. The van der Waals surface area contributed by atoms with E-state index in [1.807, 2.05) is 11.8 Å². The van der Waals surface area contributed by atoms with Crippen LogP contribution >= 0.6 is 11.8 Å². The highest BCUT2D eigenvalue weighted by atomic mass is 32.2. The van der Waals surface area contributed by atoms with E-state index in [-0.39, 0.29) is 5.96 Å². The molecule has 1 aliphatic heterocycles. The molecule has 0 spiro atoms. The van der Waals surface area contributed by atoms with Gasteiger partial charge in [0, 0.05) is 11.8 Å². The van der Waals surface area contributed by atoms with Crippen molar-refractivity contribution in [1.82, 2.24) is 5.32 Å². The second-order valence-electron chi connectivity index (χ2n) is 2.12. The van der Waals surface area contributed by atoms with Gasteiger partial charge in [0.25, 0.3) is 0 Å². The van der Waals surface area contributed by atoms with Crippen molar-refractivity contribution in [3.05, 3.63) is 0 Å². The van der Waals surface area contributed by atoms with Crippen LogP contribution in [0, 0.1) is 5.41 Å². The Bertz CT molecular complexity index is 109. The molecule has 0 amide bonds. The van der Waals surface area contributed by atoms with Crippen LogP contribution in [0.15, 0.2) is 0 Å². The molecule has 3 nitrogen and oxygen atoms in total. The van der Waals surface area contributed by atoms with E-state index in [0.29, 0.717) is 6.04 Å². The summed E-state index contributed by atoms with van der Waals surface area (Å²) < 4.78 is 0. The second-order valence-corrected chi connectivity index (χ2v) is 3.27. The van der Waals surface area contributed by atoms with Crippen molar-refractivity contribution in [2.24, 2.45) is 5.73 Å². The van der Waals surface area contributed by atoms with E-state index in [1.54, 1.807) is 0 Å². The SMILES string of the molecule is N=C(N)N[C@@H]1CCSC1. The zero-order valence-electron chi connectivity index (χ0n) is 5.18. The normalized spacial score (nSPS) is 26.0. The Morgan fingerprint density at radius 2 is 2.56 bits per heavy atom. The van der Waals surface area contributed by atoms with Gasteiger partial charge in [0.2, 0.25) is 0 Å². The molecule has 0 aliphatic carbocycles. The molecule has 0 saturated carbocycles. The van der Waals surface area contributed by atoms with Gasteiger partial charge < -0.3 is 11.1 Å². The van der Waals surface area contributed by atoms with Gasteiger partial charge in [-0.15, -0.1) is 0 Å². The van der Waals surface area contributed by atoms with Crippen LogP contribution in [0.3, 0.4) is 0 Å². The number of guanidine groups is 1. The molecule has 1 atom stereocenters. The number of hydrogen-bond acceptors (Lipinski definition) is 2. The van der Waals surface area contributed by atoms with Crippen molar-refractivity contribution >= 4 is 17.7 Å². The lowest BCUT2D eigenvalue weighted by Gasteiger charge is -2.08. The monoisotopic (exact) mass is 145 g/mol. The highest BCUT2D eigenvalue weighted by Crippen LogP contribution is 2.16. The molecule has 1 aliphatic rings. The third-order valence-electron chi connectivity index (χ3n) is 1.29. The van der Waals surface area contributed by atoms with Crippen molar-refractivity contribution in [3.8, 4) is 0 Å². The van der Waals surface area contributed by atoms with Crippen molar-refractivity contribution < 1.29 is 0 Å². The van der Waals surface area contributed by atoms with Crippen LogP contribution in [0.2, 0.25) is 0 Å². The van der Waals surface area contributed by atoms with Crippen molar-refractivity contribution in [3.63, 3.8) is 0 Å². The minimum Gasteiger partial charge on any atom is -0.370 e. The summed E-state index contributed by atoms with van der Waals surface area (Å²) in [6.45, 7) is 0. The molecule has 1 rings (SSSR count). The first-order valence-corrected chi connectivity index (χ1v) is 4.13. The van der Waals surface area contributed by atoms with Crippen LogP contribution in [0.1, 0.15) is 6.42 Å². The first kappa shape index (κ1) is 6.74. The molecular weight excluding hydrogens is 134 g/mol. The minimum atomic E-state index is 0.0995. The fraction of sp³-hybridized carbons (Fsp3) is 0.800. The van der Waals surface area contributed by atoms with Gasteiger partial charge in [-0.2, -0.15) is 11.8 Å². The zero-order chi connectivity index (χ0) is 6.69. The Labute approximate surface area is 58.9 Å². The Morgan fingerprint density at radius 3 is 3.00 bits per heavy atom. The van der Waals surface area contributed by atoms with Gasteiger partial charge in [0.1, 0.15) is 0 Å². The summed E-state index contributed by atoms with van der Waals surface area (Å²) >= 11 is 1.91. The Morgan fingerprint density at radius 1 is 1.78 bits per heavy atom. The number of nitrogens with one attached hydrogen (secondary N) is 2. The molecular formula is C5H11N3S. The summed E-state index contributed by atoms with van der Waals surface area (Å²) in [6.07, 6.45) is 1.14. The third kappa shape index (κ3) is 2.13. The standard InChI is InChI=1S/C5H11N3S/c6-5(7)8-4-1-2-9-3-4/h4H,1-3H2,(H4,6,7,8)/t4-/m1/s1. The lowest BCUT2D eigenvalue weighted by atomic mass is 10.3. The summed E-state index contributed by atoms with van der Waals surface area (Å²) in [4.78, 5) is 0. The lowest BCUT2D eigenvalue weighted by molar-refractivity contribution is 0.672. The number of rotatable bonds is 1. The third-order valence-corrected chi connectivity index (χ3v) is 2.45. The molecule has 0 aromatic carbocycles. The van der Waals surface area contributed by atoms with E-state index < -0.39 is 0 Å². The molecule has 0 unspecified atom stereocenters. The molecule has 0 radical (unpaired) electrons. The highest BCUT2D eigenvalue weighted by molar-refractivity contribution is 7.99. The molecule has 1 saturated heterocycles. The van der Waals surface area contributed by atoms with Crippen molar-refractivity contribution in [2.75, 3.05) is 11.5 Å². The second kappa shape index (κ2) is 2.96. The maximum atomic E-state index is 6.92. The van der Waals surface area contributed by atoms with Crippen LogP contribution < -0.4 is 11.1 Å². The highest BCUT2D eigenvalue weighted by Gasteiger charge is 2.14. The smallest absolute Gasteiger partial charge is 0.185 e. The maximum absolute atomic E-state index is 6.92. The average Bonchev–Trinajstić information content (AvgIpc) is 2.15. The van der Waals surface area contributed by atoms with Crippen LogP contribution in [0.5, 0.6) is 0 Å². The molecule has 4 N–H and O–H groups in total. The summed E-state index contributed by atoms with van der Waals surface area (Å²) in [5.41, 5.74) is 5.14. The summed E-state index contributed by atoms with van der Waals surface area (Å²) in [6, 6.07) is 0.451. The molecule has 4 heteroatoms. The van der Waals surface area contributed by atoms with Crippen LogP contribution in [0.4, 0.5) is 0 Å². The van der Waals surface area contributed by atoms with E-state index in [2.05, 4.69) is 5.32 Å². The Hall–Kier alpha value is -0.380. The molecule has 52 valence electrons. The van der Waals surface area contributed by atoms with Gasteiger partial charge in [-0.25, -0.2) is 0 Å². The Kier molecular flexibility index (Phi) is 2.22. The largest absolute Gasteiger partial charge is 0.370 e. The van der Waals surface area contributed by atoms with E-state index in [9.17, 15) is 0 Å². The molecule has 0 bridgehead atoms. The Balaban J connectivity index is 2.19. The van der Waals surface area contributed by atoms with Gasteiger partial charge in [0.05, 0.1) is 0 Å². The fourth-order valence-corrected chi connectivity index (χ4v) is 2.02. The van der Waals surface area contributed by atoms with Gasteiger partial charge in [-0.3, -0.25) is 5.41 Å². The van der Waals surface area contributed by atoms with Crippen LogP contribution in [-0.2, 0) is 0 Å². The van der Waals surface area contributed by atoms with E-state index >= 15 is 0 Å². The van der Waals surface area contributed by atoms with Crippen LogP contribution in [0.25, 0.3) is 0 Å². The fourth-order valence-electron chi connectivity index (χ4n) is 0.868. The van der Waals surface area contributed by atoms with E-state index in [0.717, 1.165) is 12.2 Å². The van der Waals surface area contributed by atoms with Gasteiger partial charge in [0.15, 0.2) is 5.96 Å². The number of thioether (sulfide) groups is 1. The summed E-state index contributed by atoms with van der Waals surface area (Å²) in [5, 5.41) is 9.80. The first-order valence-electron chi connectivity index (χ1n) is 2.97. The van der Waals surface area contributed by atoms with Crippen molar-refractivity contribution in [1.29, 1.82) is 5.41 Å².